The van der Waals surface area contributed by atoms with E-state index in [1.54, 1.807) is 9.80 Å². The lowest BCUT2D eigenvalue weighted by molar-refractivity contribution is -0.147. The molecule has 0 radical (unpaired) electrons. The molecule has 2 aliphatic heterocycles. The summed E-state index contributed by atoms with van der Waals surface area (Å²) in [6.07, 6.45) is 0.418. The van der Waals surface area contributed by atoms with Crippen molar-refractivity contribution in [1.29, 1.82) is 0 Å². The van der Waals surface area contributed by atoms with E-state index in [0.717, 1.165) is 0 Å². The van der Waals surface area contributed by atoms with E-state index in [2.05, 4.69) is 0 Å². The molecule has 0 bridgehead atoms. The number of carbonyl (C=O) groups excluding carboxylic acids is 2. The molecule has 2 rings (SSSR count). The Labute approximate surface area is 106 Å². The third-order valence-corrected chi connectivity index (χ3v) is 3.68. The highest BCUT2D eigenvalue weighted by molar-refractivity contribution is 5.89. The molecule has 6 nitrogen and oxygen atoms in total. The topological polar surface area (TPSA) is 77.9 Å². The Morgan fingerprint density at radius 3 is 2.50 bits per heavy atom. The van der Waals surface area contributed by atoms with Gasteiger partial charge in [-0.05, 0) is 6.92 Å². The SMILES string of the molecule is CCN1CC(C(=O)N2CC(CC(=O)O)C2)CC1=O. The van der Waals surface area contributed by atoms with Gasteiger partial charge >= 0.3 is 5.97 Å². The van der Waals surface area contributed by atoms with Crippen LogP contribution in [-0.4, -0.2) is 58.9 Å². The summed E-state index contributed by atoms with van der Waals surface area (Å²) in [4.78, 5) is 37.5. The summed E-state index contributed by atoms with van der Waals surface area (Å²) in [6.45, 7) is 4.08. The van der Waals surface area contributed by atoms with E-state index >= 15 is 0 Å². The second kappa shape index (κ2) is 4.96. The van der Waals surface area contributed by atoms with E-state index in [1.807, 2.05) is 6.92 Å². The quantitative estimate of drug-likeness (QED) is 0.753. The predicted octanol–water partition coefficient (Wildman–Crippen LogP) is -0.212. The molecular formula is C12H18N2O4. The fourth-order valence-corrected chi connectivity index (χ4v) is 2.63. The highest BCUT2D eigenvalue weighted by Crippen LogP contribution is 2.25. The molecule has 2 aliphatic rings. The number of amides is 2. The molecular weight excluding hydrogens is 236 g/mol. The average molecular weight is 254 g/mol. The Bertz CT molecular complexity index is 376. The first-order valence-corrected chi connectivity index (χ1v) is 6.29. The molecule has 0 spiro atoms. The molecule has 2 fully saturated rings. The van der Waals surface area contributed by atoms with Crippen LogP contribution in [0, 0.1) is 11.8 Å². The van der Waals surface area contributed by atoms with E-state index < -0.39 is 5.97 Å². The van der Waals surface area contributed by atoms with Crippen molar-refractivity contribution in [1.82, 2.24) is 9.80 Å². The number of hydrogen-bond donors (Lipinski definition) is 1. The molecule has 0 aromatic heterocycles. The van der Waals surface area contributed by atoms with Crippen LogP contribution < -0.4 is 0 Å². The van der Waals surface area contributed by atoms with Crippen LogP contribution in [0.4, 0.5) is 0 Å². The summed E-state index contributed by atoms with van der Waals surface area (Å²) in [7, 11) is 0. The summed E-state index contributed by atoms with van der Waals surface area (Å²) >= 11 is 0. The van der Waals surface area contributed by atoms with Gasteiger partial charge in [-0.15, -0.1) is 0 Å². The fourth-order valence-electron chi connectivity index (χ4n) is 2.63. The van der Waals surface area contributed by atoms with Gasteiger partial charge in [0.05, 0.1) is 12.3 Å². The molecule has 18 heavy (non-hydrogen) atoms. The maximum atomic E-state index is 12.1. The molecule has 0 aromatic carbocycles. The fraction of sp³-hybridized carbons (Fsp3) is 0.750. The highest BCUT2D eigenvalue weighted by atomic mass is 16.4. The van der Waals surface area contributed by atoms with Crippen molar-refractivity contribution >= 4 is 17.8 Å². The summed E-state index contributed by atoms with van der Waals surface area (Å²) in [5, 5.41) is 8.63. The van der Waals surface area contributed by atoms with Gasteiger partial charge in [0.15, 0.2) is 0 Å². The first-order valence-electron chi connectivity index (χ1n) is 6.29. The molecule has 1 unspecified atom stereocenters. The van der Waals surface area contributed by atoms with Gasteiger partial charge in [-0.25, -0.2) is 0 Å². The van der Waals surface area contributed by atoms with Gasteiger partial charge in [0.1, 0.15) is 0 Å². The summed E-state index contributed by atoms with van der Waals surface area (Å²) in [5.74, 6) is -0.936. The Kier molecular flexibility index (Phi) is 3.54. The Balaban J connectivity index is 1.80. The maximum absolute atomic E-state index is 12.1. The van der Waals surface area contributed by atoms with Crippen LogP contribution in [0.2, 0.25) is 0 Å². The maximum Gasteiger partial charge on any atom is 0.303 e. The Morgan fingerprint density at radius 2 is 2.00 bits per heavy atom. The van der Waals surface area contributed by atoms with E-state index in [0.29, 0.717) is 32.6 Å². The van der Waals surface area contributed by atoms with Gasteiger partial charge in [-0.3, -0.25) is 14.4 Å². The molecule has 0 saturated carbocycles. The number of rotatable bonds is 4. The molecule has 2 heterocycles. The summed E-state index contributed by atoms with van der Waals surface area (Å²) in [6, 6.07) is 0. The molecule has 0 aliphatic carbocycles. The monoisotopic (exact) mass is 254 g/mol. The van der Waals surface area contributed by atoms with Crippen molar-refractivity contribution in [2.75, 3.05) is 26.2 Å². The molecule has 100 valence electrons. The molecule has 1 N–H and O–H groups in total. The number of carboxylic acids is 1. The lowest BCUT2D eigenvalue weighted by atomic mass is 9.94. The zero-order valence-corrected chi connectivity index (χ0v) is 10.5. The predicted molar refractivity (Wildman–Crippen MR) is 62.7 cm³/mol. The molecule has 1 atom stereocenters. The Hall–Kier alpha value is -1.59. The number of carboxylic acid groups (broad SMARTS) is 1. The number of aliphatic carboxylic acids is 1. The summed E-state index contributed by atoms with van der Waals surface area (Å²) in [5.41, 5.74) is 0. The third kappa shape index (κ3) is 2.47. The smallest absolute Gasteiger partial charge is 0.303 e. The number of likely N-dealkylation sites (tertiary alicyclic amines) is 2. The number of hydrogen-bond acceptors (Lipinski definition) is 3. The van der Waals surface area contributed by atoms with Crippen LogP contribution in [0.15, 0.2) is 0 Å². The highest BCUT2D eigenvalue weighted by Gasteiger charge is 2.40. The Morgan fingerprint density at radius 1 is 1.33 bits per heavy atom. The van der Waals surface area contributed by atoms with Gasteiger partial charge in [0, 0.05) is 38.5 Å². The van der Waals surface area contributed by atoms with Crippen LogP contribution in [0.5, 0.6) is 0 Å². The molecule has 6 heteroatoms. The zero-order chi connectivity index (χ0) is 13.3. The number of nitrogens with zero attached hydrogens (tertiary/aromatic N) is 2. The first-order chi connectivity index (χ1) is 8.51. The van der Waals surface area contributed by atoms with Crippen LogP contribution in [0.25, 0.3) is 0 Å². The second-order valence-corrected chi connectivity index (χ2v) is 5.04. The molecule has 2 amide bonds. The van der Waals surface area contributed by atoms with Crippen LogP contribution in [0.3, 0.4) is 0 Å². The van der Waals surface area contributed by atoms with Crippen molar-refractivity contribution in [2.24, 2.45) is 11.8 Å². The zero-order valence-electron chi connectivity index (χ0n) is 10.5. The second-order valence-electron chi connectivity index (χ2n) is 5.04. The minimum absolute atomic E-state index is 0.000869. The van der Waals surface area contributed by atoms with Crippen molar-refractivity contribution in [3.8, 4) is 0 Å². The minimum atomic E-state index is -0.819. The van der Waals surface area contributed by atoms with E-state index in [-0.39, 0.29) is 30.1 Å². The normalized spacial score (nSPS) is 24.3. The van der Waals surface area contributed by atoms with Crippen molar-refractivity contribution in [2.45, 2.75) is 19.8 Å². The van der Waals surface area contributed by atoms with Crippen molar-refractivity contribution in [3.63, 3.8) is 0 Å². The third-order valence-electron chi connectivity index (χ3n) is 3.68. The van der Waals surface area contributed by atoms with Gasteiger partial charge in [0.25, 0.3) is 0 Å². The van der Waals surface area contributed by atoms with Crippen LogP contribution in [0.1, 0.15) is 19.8 Å². The molecule has 0 aromatic rings. The average Bonchev–Trinajstić information content (AvgIpc) is 2.63. The van der Waals surface area contributed by atoms with Crippen LogP contribution in [-0.2, 0) is 14.4 Å². The lowest BCUT2D eigenvalue weighted by Gasteiger charge is -2.39. The first kappa shape index (κ1) is 12.9. The minimum Gasteiger partial charge on any atom is -0.481 e. The van der Waals surface area contributed by atoms with Gasteiger partial charge in [0.2, 0.25) is 11.8 Å². The van der Waals surface area contributed by atoms with E-state index in [9.17, 15) is 14.4 Å². The standard InChI is InChI=1S/C12H18N2O4/c1-2-13-7-9(4-10(13)15)12(18)14-5-8(6-14)3-11(16)17/h8-9H,2-7H2,1H3,(H,16,17). The van der Waals surface area contributed by atoms with E-state index in [1.165, 1.54) is 0 Å². The van der Waals surface area contributed by atoms with Gasteiger partial charge in [-0.2, -0.15) is 0 Å². The number of carbonyl (C=O) groups is 3. The van der Waals surface area contributed by atoms with Gasteiger partial charge < -0.3 is 14.9 Å². The van der Waals surface area contributed by atoms with Crippen molar-refractivity contribution < 1.29 is 19.5 Å². The molecule has 2 saturated heterocycles. The van der Waals surface area contributed by atoms with Crippen molar-refractivity contribution in [3.05, 3.63) is 0 Å². The van der Waals surface area contributed by atoms with Gasteiger partial charge in [-0.1, -0.05) is 0 Å². The largest absolute Gasteiger partial charge is 0.481 e. The van der Waals surface area contributed by atoms with E-state index in [4.69, 9.17) is 5.11 Å². The van der Waals surface area contributed by atoms with Crippen LogP contribution >= 0.6 is 0 Å². The summed E-state index contributed by atoms with van der Waals surface area (Å²) < 4.78 is 0. The lowest BCUT2D eigenvalue weighted by Crippen LogP contribution is -2.52.